The number of aromatic nitrogens is 19. The van der Waals surface area contributed by atoms with E-state index in [2.05, 4.69) is 157 Å². The van der Waals surface area contributed by atoms with Gasteiger partial charge in [0.1, 0.15) is 55.4 Å². The molecule has 42 nitrogen and oxygen atoms in total. The zero-order valence-electron chi connectivity index (χ0n) is 72.6. The fraction of sp³-hybridized carbons (Fsp3) is 0.253. The molecule has 12 heterocycles. The normalized spacial score (nSPS) is 13.3. The van der Waals surface area contributed by atoms with Crippen LogP contribution in [0, 0.1) is 48.1 Å². The second-order valence-electron chi connectivity index (χ2n) is 30.7. The van der Waals surface area contributed by atoms with Crippen molar-refractivity contribution in [2.45, 2.75) is 99.8 Å². The molecule has 3 atom stereocenters. The fourth-order valence-electron chi connectivity index (χ4n) is 13.3. The molecule has 0 fully saturated rings. The molecule has 17 aromatic rings. The minimum absolute atomic E-state index is 0.102. The summed E-state index contributed by atoms with van der Waals surface area (Å²) in [5.41, 5.74) is 12.6. The highest BCUT2D eigenvalue weighted by molar-refractivity contribution is 7.15. The lowest BCUT2D eigenvalue weighted by atomic mass is 9.86. The number of nitrogens with zero attached hydrogens (tertiary/aromatic N) is 33. The monoisotopic (exact) mass is 1820 g/mol. The van der Waals surface area contributed by atoms with Gasteiger partial charge >= 0.3 is 24.1 Å². The zero-order chi connectivity index (χ0) is 93.4. The lowest BCUT2D eigenvalue weighted by molar-refractivity contribution is -0.128. The van der Waals surface area contributed by atoms with E-state index in [0.29, 0.717) is 167 Å². The van der Waals surface area contributed by atoms with Gasteiger partial charge in [-0.1, -0.05) is 88.3 Å². The maximum absolute atomic E-state index is 12.9. The van der Waals surface area contributed by atoms with E-state index in [1.165, 1.54) is 28.9 Å². The molecule has 0 spiro atoms. The number of ketones is 1. The summed E-state index contributed by atoms with van der Waals surface area (Å²) < 4.78 is 28.8. The number of imidazole rings is 1. The van der Waals surface area contributed by atoms with Gasteiger partial charge < -0.3 is 19.1 Å². The van der Waals surface area contributed by atoms with E-state index in [0.717, 1.165) is 51.0 Å². The number of amides is 2. The Hall–Kier alpha value is -16.9. The number of hydrogen-bond donors (Lipinski definition) is 1. The van der Waals surface area contributed by atoms with Crippen molar-refractivity contribution in [3.8, 4) is 29.3 Å². The number of nitriles is 2. The Kier molecular flexibility index (Phi) is 26.1. The van der Waals surface area contributed by atoms with Crippen molar-refractivity contribution >= 4 is 186 Å². The van der Waals surface area contributed by atoms with Gasteiger partial charge in [0.25, 0.3) is 23.4 Å². The standard InChI is InChI=1S/C24H19N11.C22H26N8O2S.C22H17N7O4.C19H12N8O2S2/c1-24(2,3)20-19(23-27-21(33-35(23)32-20)14-7-5-4-6-8-14)30-28-16-9-10-17-18(11-16)34-22(31-29-17)15(12-25)13-26-34;1-7-30(8-2)21(32)18-16-15(28-33-18)13-11-12(9-10-14(13)24-25-16)23-26-17-19(22(3,4)5)27-29(6)20(17)31;1-4-33-21(31)18-12-24-22-28-26-16-10-7-14(11-17(16)29(18)22)25-27-20(23-2)19(30)13-5-8-15(32-3)9-6-13;1-4-29-19(28)16-15-14(27-31-16)11-7-10(5-6-12(11)24-25-15)23-26-17-9(2)22-18(30-17)13(8-20)21-3/h4-11,13,32H,1-3H3;9-11,17H,7-8H2,1-6H3;5-12,20H,4H2,1,3H3;5-7,13H,4H2,1-2H3. The number of thiazole rings is 1. The van der Waals surface area contributed by atoms with Crippen molar-refractivity contribution in [2.75, 3.05) is 40.5 Å². The maximum Gasteiger partial charge on any atom is 0.395 e. The molecule has 132 heavy (non-hydrogen) atoms. The number of ether oxygens (including phenoxy) is 3. The van der Waals surface area contributed by atoms with Gasteiger partial charge in [-0.3, -0.25) is 33.6 Å². The predicted molar refractivity (Wildman–Crippen MR) is 488 cm³/mol. The number of aryl methyl sites for hydroxylation is 1. The third kappa shape index (κ3) is 18.5. The van der Waals surface area contributed by atoms with E-state index in [9.17, 15) is 29.2 Å². The molecule has 1 aliphatic rings. The minimum atomic E-state index is -1.34. The Balaban J connectivity index is 0.000000135. The number of azo groups is 4. The first-order valence-corrected chi connectivity index (χ1v) is 42.8. The SMILES string of the molecule is CC(C)(C)c1[nH]n2nc(-c3ccccc3)nc2c1N=Nc1ccc2nnc3c(C#N)cnn3c2c1.CCN(CC)C(=O)c1snc2c1nnc1ccc(N=NC3C(=O)N(C)N=C3C(C)(C)C)cc12.[C-]#[N+]C(C#N)c1nc(C)c(N=Nc2ccc3nnc4c(C(=O)OCC)snc4c3c2)s1.[C-]#[N+]C(N=Nc1ccc2nnc3ncc(C(=O)OCC)n3c2c1)C(=O)c1ccc(OC)cc1. The third-order valence-electron chi connectivity index (χ3n) is 20.0. The van der Waals surface area contributed by atoms with Crippen molar-refractivity contribution in [1.82, 2.24) is 103 Å². The summed E-state index contributed by atoms with van der Waals surface area (Å²) in [6.07, 6.45) is 1.49. The number of carbonyl (C=O) groups is 5. The number of hydrogen-bond acceptors (Lipinski definition) is 37. The number of carbonyl (C=O) groups excluding carboxylic acids is 5. The first-order chi connectivity index (χ1) is 63.7. The van der Waals surface area contributed by atoms with E-state index >= 15 is 0 Å². The second kappa shape index (κ2) is 38.3. The van der Waals surface area contributed by atoms with Gasteiger partial charge in [-0.25, -0.2) is 47.2 Å². The number of hydrazone groups is 1. The number of Topliss-reactive ketones (excluding diaryl/α,β-unsaturated/α-hetero) is 1. The lowest BCUT2D eigenvalue weighted by Gasteiger charge is -2.19. The first kappa shape index (κ1) is 89.9. The van der Waals surface area contributed by atoms with E-state index in [4.69, 9.17) is 37.6 Å². The molecular weight excluding hydrogens is 1750 g/mol. The van der Waals surface area contributed by atoms with Crippen LogP contribution < -0.4 is 4.74 Å². The van der Waals surface area contributed by atoms with E-state index in [-0.39, 0.29) is 47.3 Å². The highest BCUT2D eigenvalue weighted by Gasteiger charge is 2.41. The van der Waals surface area contributed by atoms with Crippen LogP contribution in [0.25, 0.3) is 104 Å². The fourth-order valence-corrected chi connectivity index (χ4v) is 15.7. The van der Waals surface area contributed by atoms with Crippen LogP contribution in [-0.2, 0) is 19.7 Å². The van der Waals surface area contributed by atoms with Gasteiger partial charge in [-0.05, 0) is 155 Å². The highest BCUT2D eigenvalue weighted by atomic mass is 32.1. The van der Waals surface area contributed by atoms with Crippen LogP contribution in [0.3, 0.4) is 0 Å². The Bertz CT molecular complexity index is 7740. The Morgan fingerprint density at radius 2 is 1.26 bits per heavy atom. The van der Waals surface area contributed by atoms with Crippen LogP contribution >= 0.6 is 34.4 Å². The van der Waals surface area contributed by atoms with Crippen molar-refractivity contribution < 1.29 is 38.2 Å². The Morgan fingerprint density at radius 1 is 0.652 bits per heavy atom. The van der Waals surface area contributed by atoms with Crippen LogP contribution in [0.5, 0.6) is 5.75 Å². The highest BCUT2D eigenvalue weighted by Crippen LogP contribution is 2.40. The maximum atomic E-state index is 12.9. The molecule has 6 aromatic carbocycles. The Labute approximate surface area is 760 Å². The zero-order valence-corrected chi connectivity index (χ0v) is 75.0. The van der Waals surface area contributed by atoms with E-state index < -0.39 is 36.0 Å². The molecular formula is C87H74N34O8S3. The number of nitrogens with one attached hydrogen (secondary N) is 1. The van der Waals surface area contributed by atoms with Crippen LogP contribution in [0.1, 0.15) is 137 Å². The predicted octanol–water partition coefficient (Wildman–Crippen LogP) is 17.7. The molecule has 0 aliphatic carbocycles. The summed E-state index contributed by atoms with van der Waals surface area (Å²) in [6, 6.07) is 39.3. The summed E-state index contributed by atoms with van der Waals surface area (Å²) in [6.45, 7) is 37.4. The molecule has 658 valence electrons. The summed E-state index contributed by atoms with van der Waals surface area (Å²) >= 11 is 3.30. The summed E-state index contributed by atoms with van der Waals surface area (Å²) in [7, 11) is 3.14. The van der Waals surface area contributed by atoms with Crippen molar-refractivity contribution in [1.29, 1.82) is 10.5 Å². The second-order valence-corrected chi connectivity index (χ2v) is 33.3. The minimum Gasteiger partial charge on any atom is -0.497 e. The largest absolute Gasteiger partial charge is 0.497 e. The number of benzene rings is 6. The van der Waals surface area contributed by atoms with Crippen LogP contribution in [0.15, 0.2) is 186 Å². The molecule has 1 aliphatic heterocycles. The first-order valence-electron chi connectivity index (χ1n) is 40.5. The van der Waals surface area contributed by atoms with Crippen LogP contribution in [0.4, 0.5) is 33.4 Å². The average Bonchev–Trinajstić information content (AvgIpc) is 1.61. The van der Waals surface area contributed by atoms with Crippen LogP contribution in [-0.4, -0.2) is 191 Å². The number of fused-ring (bicyclic) bond motifs is 13. The molecule has 3 unspecified atom stereocenters. The molecule has 0 bridgehead atoms. The van der Waals surface area contributed by atoms with Crippen molar-refractivity contribution in [3.63, 3.8) is 0 Å². The van der Waals surface area contributed by atoms with Gasteiger partial charge in [0.05, 0.1) is 94.6 Å². The van der Waals surface area contributed by atoms with Crippen molar-refractivity contribution in [2.24, 2.45) is 51.4 Å². The van der Waals surface area contributed by atoms with Crippen LogP contribution in [0.2, 0.25) is 0 Å². The lowest BCUT2D eigenvalue weighted by Crippen LogP contribution is -2.34. The number of aromatic amines is 1. The quantitative estimate of drug-likeness (QED) is 0.0320. The molecule has 0 radical (unpaired) electrons. The topological polar surface area (TPSA) is 509 Å². The molecule has 45 heteroatoms. The van der Waals surface area contributed by atoms with E-state index in [1.807, 2.05) is 77.1 Å². The van der Waals surface area contributed by atoms with Gasteiger partial charge in [-0.15, -0.1) is 66.3 Å². The summed E-state index contributed by atoms with van der Waals surface area (Å²) in [5.74, 6) is -0.410. The summed E-state index contributed by atoms with van der Waals surface area (Å²) in [4.78, 5) is 84.6. The number of likely N-dealkylation sites (N-methyl/N-ethyl adjacent to an activating group) is 1. The summed E-state index contributed by atoms with van der Waals surface area (Å²) in [5, 5.41) is 106. The smallest absolute Gasteiger partial charge is 0.395 e. The number of rotatable bonds is 20. The molecule has 0 saturated heterocycles. The average molecular weight is 1820 g/mol. The van der Waals surface area contributed by atoms with Gasteiger partial charge in [-0.2, -0.15) is 49.4 Å². The Morgan fingerprint density at radius 3 is 1.89 bits per heavy atom. The van der Waals surface area contributed by atoms with Crippen molar-refractivity contribution in [3.05, 3.63) is 206 Å². The molecule has 1 N–H and O–H groups in total. The number of esters is 2. The number of H-pyrrole nitrogens is 1. The van der Waals surface area contributed by atoms with Gasteiger partial charge in [0.15, 0.2) is 49.8 Å². The molecule has 11 aromatic heterocycles. The molecule has 2 amide bonds. The molecule has 0 saturated carbocycles. The van der Waals surface area contributed by atoms with Gasteiger partial charge in [0.2, 0.25) is 5.65 Å². The number of methoxy groups -OCH3 is 1. The van der Waals surface area contributed by atoms with E-state index in [1.54, 1.807) is 133 Å². The van der Waals surface area contributed by atoms with Gasteiger partial charge in [0, 0.05) is 52.9 Å². The third-order valence-corrected chi connectivity index (χ3v) is 22.7. The molecule has 18 rings (SSSR count).